The molecule has 0 radical (unpaired) electrons. The smallest absolute Gasteiger partial charge is 0.292 e. The van der Waals surface area contributed by atoms with Crippen molar-refractivity contribution in [1.29, 1.82) is 0 Å². The third-order valence-electron chi connectivity index (χ3n) is 4.47. The first-order valence-electron chi connectivity index (χ1n) is 8.22. The molecule has 1 amide bonds. The number of nitro groups is 1. The Hall–Kier alpha value is -1.90. The molecular formula is C16H23ClN4O4. The second-order valence-electron chi connectivity index (χ2n) is 6.04. The molecule has 138 valence electrons. The summed E-state index contributed by atoms with van der Waals surface area (Å²) in [7, 11) is 0. The Morgan fingerprint density at radius 3 is 2.64 bits per heavy atom. The van der Waals surface area contributed by atoms with Gasteiger partial charge in [0.2, 0.25) is 5.91 Å². The summed E-state index contributed by atoms with van der Waals surface area (Å²) in [6.45, 7) is 4.41. The van der Waals surface area contributed by atoms with E-state index in [9.17, 15) is 14.9 Å². The molecule has 1 atom stereocenters. The van der Waals surface area contributed by atoms with Crippen LogP contribution in [0.25, 0.3) is 0 Å². The van der Waals surface area contributed by atoms with Crippen LogP contribution >= 0.6 is 12.4 Å². The normalized spacial score (nSPS) is 20.7. The maximum absolute atomic E-state index is 12.4. The van der Waals surface area contributed by atoms with Gasteiger partial charge in [-0.15, -0.1) is 12.4 Å². The van der Waals surface area contributed by atoms with E-state index in [1.807, 2.05) is 9.80 Å². The van der Waals surface area contributed by atoms with Crippen LogP contribution in [0, 0.1) is 10.1 Å². The van der Waals surface area contributed by atoms with Crippen LogP contribution in [0.2, 0.25) is 0 Å². The number of halogens is 1. The summed E-state index contributed by atoms with van der Waals surface area (Å²) in [6, 6.07) is 6.83. The predicted octanol–water partition coefficient (Wildman–Crippen LogP) is 1.04. The van der Waals surface area contributed by atoms with Gasteiger partial charge in [-0.1, -0.05) is 12.1 Å². The zero-order chi connectivity index (χ0) is 16.9. The summed E-state index contributed by atoms with van der Waals surface area (Å²) in [5, 5.41) is 14.4. The zero-order valence-electron chi connectivity index (χ0n) is 13.9. The number of amides is 1. The Balaban J connectivity index is 0.00000225. The fraction of sp³-hybridized carbons (Fsp3) is 0.562. The van der Waals surface area contributed by atoms with Crippen molar-refractivity contribution < 1.29 is 14.5 Å². The molecule has 3 rings (SSSR count). The van der Waals surface area contributed by atoms with Crippen molar-refractivity contribution in [2.24, 2.45) is 0 Å². The number of piperazine rings is 1. The topological polar surface area (TPSA) is 88.0 Å². The third-order valence-corrected chi connectivity index (χ3v) is 4.47. The van der Waals surface area contributed by atoms with Gasteiger partial charge in [0.1, 0.15) is 5.69 Å². The Morgan fingerprint density at radius 2 is 2.00 bits per heavy atom. The second kappa shape index (κ2) is 8.98. The molecule has 0 aromatic heterocycles. The lowest BCUT2D eigenvalue weighted by atomic mass is 10.1. The average Bonchev–Trinajstić information content (AvgIpc) is 2.62. The number of ether oxygens (including phenoxy) is 1. The highest BCUT2D eigenvalue weighted by molar-refractivity contribution is 5.85. The van der Waals surface area contributed by atoms with Crippen molar-refractivity contribution >= 4 is 29.7 Å². The number of hydrogen-bond donors (Lipinski definition) is 1. The highest BCUT2D eigenvalue weighted by atomic mass is 35.5. The molecule has 0 saturated carbocycles. The highest BCUT2D eigenvalue weighted by Crippen LogP contribution is 2.28. The van der Waals surface area contributed by atoms with Crippen LogP contribution in [0.15, 0.2) is 24.3 Å². The Labute approximate surface area is 152 Å². The van der Waals surface area contributed by atoms with E-state index in [2.05, 4.69) is 5.32 Å². The first-order valence-corrected chi connectivity index (χ1v) is 8.22. The van der Waals surface area contributed by atoms with Crippen molar-refractivity contribution in [3.8, 4) is 0 Å². The van der Waals surface area contributed by atoms with Crippen LogP contribution in [0.5, 0.6) is 0 Å². The van der Waals surface area contributed by atoms with Crippen molar-refractivity contribution in [3.63, 3.8) is 0 Å². The molecular weight excluding hydrogens is 348 g/mol. The van der Waals surface area contributed by atoms with E-state index in [1.54, 1.807) is 18.2 Å². The van der Waals surface area contributed by atoms with Gasteiger partial charge < -0.3 is 19.9 Å². The quantitative estimate of drug-likeness (QED) is 0.629. The minimum Gasteiger partial charge on any atom is -0.378 e. The highest BCUT2D eigenvalue weighted by Gasteiger charge is 2.27. The van der Waals surface area contributed by atoms with Gasteiger partial charge in [0.05, 0.1) is 18.1 Å². The SMILES string of the molecule is Cl.O=C(CC1COCCN1)N1CCN(c2ccccc2[N+](=O)[O-])CC1. The molecule has 0 aliphatic carbocycles. The van der Waals surface area contributed by atoms with Gasteiger partial charge >= 0.3 is 0 Å². The van der Waals surface area contributed by atoms with E-state index < -0.39 is 0 Å². The summed E-state index contributed by atoms with van der Waals surface area (Å²) in [5.74, 6) is 0.111. The van der Waals surface area contributed by atoms with Crippen LogP contribution in [0.3, 0.4) is 0 Å². The number of hydrogen-bond acceptors (Lipinski definition) is 6. The molecule has 1 aromatic rings. The average molecular weight is 371 g/mol. The van der Waals surface area contributed by atoms with Crippen LogP contribution in [-0.4, -0.2) is 67.7 Å². The standard InChI is InChI=1S/C16H22N4O4.ClH/c21-16(11-13-12-24-10-5-17-13)19-8-6-18(7-9-19)14-3-1-2-4-15(14)20(22)23;/h1-4,13,17H,5-12H2;1H. The zero-order valence-corrected chi connectivity index (χ0v) is 14.7. The maximum atomic E-state index is 12.4. The fourth-order valence-corrected chi connectivity index (χ4v) is 3.17. The summed E-state index contributed by atoms with van der Waals surface area (Å²) < 4.78 is 5.38. The van der Waals surface area contributed by atoms with Crippen molar-refractivity contribution in [1.82, 2.24) is 10.2 Å². The van der Waals surface area contributed by atoms with Crippen molar-refractivity contribution in [2.45, 2.75) is 12.5 Å². The first kappa shape index (κ1) is 19.4. The summed E-state index contributed by atoms with van der Waals surface area (Å²) in [6.07, 6.45) is 0.436. The lowest BCUT2D eigenvalue weighted by molar-refractivity contribution is -0.384. The number of carbonyl (C=O) groups excluding carboxylic acids is 1. The molecule has 2 aliphatic rings. The maximum Gasteiger partial charge on any atom is 0.292 e. The summed E-state index contributed by atoms with van der Waals surface area (Å²) >= 11 is 0. The van der Waals surface area contributed by atoms with Gasteiger partial charge in [0.25, 0.3) is 5.69 Å². The van der Waals surface area contributed by atoms with Crippen molar-refractivity contribution in [2.75, 3.05) is 50.8 Å². The number of para-hydroxylation sites is 2. The first-order chi connectivity index (χ1) is 11.6. The lowest BCUT2D eigenvalue weighted by Crippen LogP contribution is -2.51. The number of anilines is 1. The van der Waals surface area contributed by atoms with E-state index in [4.69, 9.17) is 4.74 Å². The largest absolute Gasteiger partial charge is 0.378 e. The number of morpholine rings is 1. The second-order valence-corrected chi connectivity index (χ2v) is 6.04. The van der Waals surface area contributed by atoms with Gasteiger partial charge in [-0.25, -0.2) is 0 Å². The molecule has 0 spiro atoms. The fourth-order valence-electron chi connectivity index (χ4n) is 3.17. The van der Waals surface area contributed by atoms with Crippen LogP contribution in [-0.2, 0) is 9.53 Å². The number of nitro benzene ring substituents is 1. The van der Waals surface area contributed by atoms with E-state index in [1.165, 1.54) is 6.07 Å². The number of benzene rings is 1. The number of nitrogens with one attached hydrogen (secondary N) is 1. The minimum absolute atomic E-state index is 0. The predicted molar refractivity (Wildman–Crippen MR) is 96.4 cm³/mol. The van der Waals surface area contributed by atoms with Crippen LogP contribution in [0.4, 0.5) is 11.4 Å². The number of carbonyl (C=O) groups is 1. The van der Waals surface area contributed by atoms with Crippen molar-refractivity contribution in [3.05, 3.63) is 34.4 Å². The molecule has 8 nitrogen and oxygen atoms in total. The molecule has 25 heavy (non-hydrogen) atoms. The van der Waals surface area contributed by atoms with Gasteiger partial charge in [-0.05, 0) is 6.07 Å². The molecule has 1 aromatic carbocycles. The minimum atomic E-state index is -0.360. The number of rotatable bonds is 4. The molecule has 2 heterocycles. The molecule has 2 saturated heterocycles. The molecule has 9 heteroatoms. The van der Waals surface area contributed by atoms with E-state index in [0.717, 1.165) is 6.54 Å². The molecule has 1 unspecified atom stereocenters. The van der Waals surface area contributed by atoms with Crippen LogP contribution < -0.4 is 10.2 Å². The molecule has 2 fully saturated rings. The van der Waals surface area contributed by atoms with Gasteiger partial charge in [-0.3, -0.25) is 14.9 Å². The van der Waals surface area contributed by atoms with E-state index in [-0.39, 0.29) is 35.0 Å². The summed E-state index contributed by atoms with van der Waals surface area (Å²) in [5.41, 5.74) is 0.734. The Morgan fingerprint density at radius 1 is 1.28 bits per heavy atom. The molecule has 2 aliphatic heterocycles. The van der Waals surface area contributed by atoms with E-state index >= 15 is 0 Å². The Kier molecular flexibility index (Phi) is 6.98. The lowest BCUT2D eigenvalue weighted by Gasteiger charge is -2.36. The van der Waals surface area contributed by atoms with Crippen LogP contribution in [0.1, 0.15) is 6.42 Å². The molecule has 1 N–H and O–H groups in total. The van der Waals surface area contributed by atoms with Gasteiger partial charge in [0.15, 0.2) is 0 Å². The monoisotopic (exact) mass is 370 g/mol. The van der Waals surface area contributed by atoms with Gasteiger partial charge in [-0.2, -0.15) is 0 Å². The third kappa shape index (κ3) is 4.81. The summed E-state index contributed by atoms with van der Waals surface area (Å²) in [4.78, 5) is 27.0. The molecule has 0 bridgehead atoms. The van der Waals surface area contributed by atoms with E-state index in [0.29, 0.717) is 51.5 Å². The number of nitrogens with zero attached hydrogens (tertiary/aromatic N) is 3. The Bertz CT molecular complexity index is 602. The van der Waals surface area contributed by atoms with Gasteiger partial charge in [0, 0.05) is 51.3 Å².